The van der Waals surface area contributed by atoms with Crippen LogP contribution in [-0.2, 0) is 6.42 Å². The lowest BCUT2D eigenvalue weighted by Crippen LogP contribution is -2.34. The molecule has 0 radical (unpaired) electrons. The smallest absolute Gasteiger partial charge is 0.0907 e. The third kappa shape index (κ3) is 2.48. The van der Waals surface area contributed by atoms with Crippen LogP contribution in [0.2, 0.25) is 0 Å². The van der Waals surface area contributed by atoms with E-state index in [4.69, 9.17) is 0 Å². The van der Waals surface area contributed by atoms with Crippen LogP contribution in [0.4, 0.5) is 5.69 Å². The number of rotatable bonds is 0. The summed E-state index contributed by atoms with van der Waals surface area (Å²) in [6.45, 7) is 0. The highest BCUT2D eigenvalue weighted by Crippen LogP contribution is 2.28. The molecule has 0 saturated heterocycles. The van der Waals surface area contributed by atoms with E-state index in [9.17, 15) is 0 Å². The van der Waals surface area contributed by atoms with Crippen LogP contribution in [0.25, 0.3) is 0 Å². The molecule has 94 valence electrons. The molecule has 0 bridgehead atoms. The molecular weight excluding hydrogens is 230 g/mol. The van der Waals surface area contributed by atoms with Crippen molar-refractivity contribution in [1.29, 1.82) is 0 Å². The number of aryl methyl sites for hydroxylation is 1. The van der Waals surface area contributed by atoms with Crippen LogP contribution in [0.15, 0.2) is 54.6 Å². The van der Waals surface area contributed by atoms with Crippen LogP contribution in [0.1, 0.15) is 17.5 Å². The summed E-state index contributed by atoms with van der Waals surface area (Å²) in [4.78, 5) is 2.30. The number of fused-ring (bicyclic) bond motifs is 1. The Balaban J connectivity index is 1.84. The van der Waals surface area contributed by atoms with Gasteiger partial charge in [-0.25, -0.2) is 0 Å². The molecule has 1 unspecified atom stereocenters. The highest BCUT2D eigenvalue weighted by molar-refractivity contribution is 5.57. The van der Waals surface area contributed by atoms with Gasteiger partial charge in [-0.2, -0.15) is 0 Å². The molecule has 1 heteroatoms. The molecule has 0 N–H and O–H groups in total. The van der Waals surface area contributed by atoms with Crippen molar-refractivity contribution in [2.45, 2.75) is 18.9 Å². The van der Waals surface area contributed by atoms with Gasteiger partial charge in [0.05, 0.1) is 6.04 Å². The van der Waals surface area contributed by atoms with Crippen LogP contribution < -0.4 is 4.90 Å². The minimum absolute atomic E-state index is 0.315. The highest BCUT2D eigenvalue weighted by Gasteiger charge is 2.20. The number of hydrogen-bond acceptors (Lipinski definition) is 1. The lowest BCUT2D eigenvalue weighted by atomic mass is 9.96. The number of nitrogens with zero attached hydrogens (tertiary/aromatic N) is 1. The molecule has 1 aliphatic rings. The van der Waals surface area contributed by atoms with E-state index in [1.807, 2.05) is 18.2 Å². The van der Waals surface area contributed by atoms with Crippen molar-refractivity contribution in [3.8, 4) is 11.8 Å². The van der Waals surface area contributed by atoms with E-state index in [-0.39, 0.29) is 0 Å². The minimum atomic E-state index is 0.315. The molecule has 1 aliphatic heterocycles. The molecule has 0 aromatic heterocycles. The molecule has 3 rings (SSSR count). The standard InChI is InChI=1S/C18H17N/c1-19-17(13-11-15-7-3-2-4-8-15)14-12-16-9-5-6-10-18(16)19/h2-10,17H,12,14H2,1H3. The molecule has 0 aliphatic carbocycles. The molecule has 2 aromatic carbocycles. The normalized spacial score (nSPS) is 17.3. The fourth-order valence-corrected chi connectivity index (χ4v) is 2.58. The van der Waals surface area contributed by atoms with E-state index in [1.54, 1.807) is 0 Å². The van der Waals surface area contributed by atoms with Gasteiger partial charge in [0.15, 0.2) is 0 Å². The van der Waals surface area contributed by atoms with Gasteiger partial charge >= 0.3 is 0 Å². The molecule has 2 aromatic rings. The van der Waals surface area contributed by atoms with Crippen molar-refractivity contribution in [1.82, 2.24) is 0 Å². The lowest BCUT2D eigenvalue weighted by molar-refractivity contribution is 0.660. The number of para-hydroxylation sites is 1. The van der Waals surface area contributed by atoms with Crippen LogP contribution in [0.5, 0.6) is 0 Å². The van der Waals surface area contributed by atoms with E-state index >= 15 is 0 Å². The zero-order valence-corrected chi connectivity index (χ0v) is 11.1. The molecule has 1 heterocycles. The Labute approximate surface area is 114 Å². The quantitative estimate of drug-likeness (QED) is 0.644. The third-order valence-electron chi connectivity index (χ3n) is 3.68. The Morgan fingerprint density at radius 3 is 2.58 bits per heavy atom. The number of benzene rings is 2. The van der Waals surface area contributed by atoms with Gasteiger partial charge in [0.25, 0.3) is 0 Å². The van der Waals surface area contributed by atoms with Gasteiger partial charge in [0.2, 0.25) is 0 Å². The van der Waals surface area contributed by atoms with Crippen molar-refractivity contribution in [3.63, 3.8) is 0 Å². The fourth-order valence-electron chi connectivity index (χ4n) is 2.58. The van der Waals surface area contributed by atoms with Gasteiger partial charge < -0.3 is 4.90 Å². The minimum Gasteiger partial charge on any atom is -0.360 e. The molecule has 0 amide bonds. The van der Waals surface area contributed by atoms with E-state index in [2.05, 4.69) is 60.2 Å². The van der Waals surface area contributed by atoms with E-state index in [0.29, 0.717) is 6.04 Å². The van der Waals surface area contributed by atoms with Crippen molar-refractivity contribution < 1.29 is 0 Å². The molecule has 1 nitrogen and oxygen atoms in total. The second-order valence-corrected chi connectivity index (χ2v) is 4.93. The fraction of sp³-hybridized carbons (Fsp3) is 0.222. The Morgan fingerprint density at radius 1 is 1.00 bits per heavy atom. The maximum Gasteiger partial charge on any atom is 0.0907 e. The van der Waals surface area contributed by atoms with Crippen molar-refractivity contribution in [2.24, 2.45) is 0 Å². The first-order valence-corrected chi connectivity index (χ1v) is 6.72. The first kappa shape index (κ1) is 11.9. The first-order chi connectivity index (χ1) is 9.34. The van der Waals surface area contributed by atoms with E-state index in [0.717, 1.165) is 18.4 Å². The second kappa shape index (κ2) is 5.20. The van der Waals surface area contributed by atoms with E-state index < -0.39 is 0 Å². The molecule has 0 fully saturated rings. The average Bonchev–Trinajstić information content (AvgIpc) is 2.48. The summed E-state index contributed by atoms with van der Waals surface area (Å²) >= 11 is 0. The first-order valence-electron chi connectivity index (χ1n) is 6.72. The van der Waals surface area contributed by atoms with Crippen LogP contribution in [0, 0.1) is 11.8 Å². The summed E-state index contributed by atoms with van der Waals surface area (Å²) in [5, 5.41) is 0. The molecule has 0 spiro atoms. The van der Waals surface area contributed by atoms with Crippen molar-refractivity contribution in [2.75, 3.05) is 11.9 Å². The summed E-state index contributed by atoms with van der Waals surface area (Å²) < 4.78 is 0. The Bertz CT molecular complexity index is 619. The lowest BCUT2D eigenvalue weighted by Gasteiger charge is -2.32. The number of anilines is 1. The van der Waals surface area contributed by atoms with Gasteiger partial charge in [-0.15, -0.1) is 0 Å². The van der Waals surface area contributed by atoms with Gasteiger partial charge in [-0.3, -0.25) is 0 Å². The second-order valence-electron chi connectivity index (χ2n) is 4.93. The summed E-state index contributed by atoms with van der Waals surface area (Å²) in [7, 11) is 2.14. The zero-order chi connectivity index (χ0) is 13.1. The van der Waals surface area contributed by atoms with Crippen LogP contribution in [0.3, 0.4) is 0 Å². The predicted molar refractivity (Wildman–Crippen MR) is 80.3 cm³/mol. The monoisotopic (exact) mass is 247 g/mol. The Hall–Kier alpha value is -2.20. The van der Waals surface area contributed by atoms with Gasteiger partial charge in [0, 0.05) is 18.3 Å². The van der Waals surface area contributed by atoms with Crippen LogP contribution in [-0.4, -0.2) is 13.1 Å². The van der Waals surface area contributed by atoms with Crippen molar-refractivity contribution >= 4 is 5.69 Å². The third-order valence-corrected chi connectivity index (χ3v) is 3.68. The highest BCUT2D eigenvalue weighted by atomic mass is 15.1. The SMILES string of the molecule is CN1c2ccccc2CCC1C#Cc1ccccc1. The number of hydrogen-bond donors (Lipinski definition) is 0. The Morgan fingerprint density at radius 2 is 1.74 bits per heavy atom. The summed E-state index contributed by atoms with van der Waals surface area (Å²) in [5.41, 5.74) is 3.85. The van der Waals surface area contributed by atoms with Gasteiger partial charge in [-0.05, 0) is 36.6 Å². The topological polar surface area (TPSA) is 3.24 Å². The molecule has 0 saturated carbocycles. The Kier molecular flexibility index (Phi) is 3.25. The van der Waals surface area contributed by atoms with Crippen LogP contribution >= 0.6 is 0 Å². The predicted octanol–water partition coefficient (Wildman–Crippen LogP) is 3.49. The van der Waals surface area contributed by atoms with Gasteiger partial charge in [0.1, 0.15) is 0 Å². The van der Waals surface area contributed by atoms with Crippen molar-refractivity contribution in [3.05, 3.63) is 65.7 Å². The maximum absolute atomic E-state index is 3.40. The largest absolute Gasteiger partial charge is 0.360 e. The zero-order valence-electron chi connectivity index (χ0n) is 11.1. The molecule has 1 atom stereocenters. The molecule has 19 heavy (non-hydrogen) atoms. The summed E-state index contributed by atoms with van der Waals surface area (Å²) in [5.74, 6) is 6.69. The maximum atomic E-state index is 3.40. The van der Waals surface area contributed by atoms with Gasteiger partial charge in [-0.1, -0.05) is 48.2 Å². The summed E-state index contributed by atoms with van der Waals surface area (Å²) in [6, 6.07) is 19.1. The van der Waals surface area contributed by atoms with E-state index in [1.165, 1.54) is 11.3 Å². The molecular formula is C18H17N. The summed E-state index contributed by atoms with van der Waals surface area (Å²) in [6.07, 6.45) is 2.22. The average molecular weight is 247 g/mol.